The summed E-state index contributed by atoms with van der Waals surface area (Å²) in [5.74, 6) is -1.53. The Labute approximate surface area is 219 Å². The average molecular weight is 522 g/mol. The van der Waals surface area contributed by atoms with E-state index in [-0.39, 0.29) is 16.6 Å². The van der Waals surface area contributed by atoms with Gasteiger partial charge in [0.15, 0.2) is 0 Å². The number of imide groups is 1. The molecule has 1 aliphatic rings. The fourth-order valence-electron chi connectivity index (χ4n) is 4.12. The van der Waals surface area contributed by atoms with Crippen LogP contribution in [0.1, 0.15) is 40.9 Å². The number of para-hydroxylation sites is 1. The highest BCUT2D eigenvalue weighted by Gasteiger charge is 2.39. The molecule has 0 aromatic heterocycles. The zero-order valence-electron chi connectivity index (χ0n) is 20.1. The van der Waals surface area contributed by atoms with Gasteiger partial charge in [-0.15, -0.1) is 0 Å². The Kier molecular flexibility index (Phi) is 7.48. The molecule has 1 heterocycles. The molecule has 0 saturated heterocycles. The lowest BCUT2D eigenvalue weighted by Crippen LogP contribution is -2.32. The van der Waals surface area contributed by atoms with Gasteiger partial charge in [-0.25, -0.2) is 4.90 Å². The molecule has 0 bridgehead atoms. The first-order chi connectivity index (χ1) is 17.2. The fraction of sp³-hybridized carbons (Fsp3) is 0.179. The summed E-state index contributed by atoms with van der Waals surface area (Å²) in [6, 6.07) is 17.6. The molecule has 6 nitrogen and oxygen atoms in total. The molecular weight excluding hydrogens is 497 g/mol. The summed E-state index contributed by atoms with van der Waals surface area (Å²) in [6.07, 6.45) is 1.58. The summed E-state index contributed by atoms with van der Waals surface area (Å²) in [4.78, 5) is 40.1. The van der Waals surface area contributed by atoms with Crippen molar-refractivity contribution in [2.45, 2.75) is 33.6 Å². The molecule has 3 amide bonds. The maximum atomic E-state index is 13.2. The fourth-order valence-corrected chi connectivity index (χ4v) is 4.50. The van der Waals surface area contributed by atoms with Crippen LogP contribution in [-0.2, 0) is 22.4 Å². The standard InChI is InChI=1S/C28H25Cl2N3O3/c1-4-17-8-6-9-18(5-2)24(17)32-26(34)19-10-7-11-21(14-19)31-25-23(30)27(35)33(28(25)36)22-15-20(29)13-12-16(22)3/h6-15,31H,4-5H2,1-3H3,(H,32,34). The van der Waals surface area contributed by atoms with Crippen LogP contribution >= 0.6 is 23.2 Å². The van der Waals surface area contributed by atoms with Gasteiger partial charge in [-0.2, -0.15) is 0 Å². The summed E-state index contributed by atoms with van der Waals surface area (Å²) >= 11 is 12.4. The Morgan fingerprint density at radius 2 is 1.56 bits per heavy atom. The molecule has 0 saturated carbocycles. The Balaban J connectivity index is 1.58. The monoisotopic (exact) mass is 521 g/mol. The van der Waals surface area contributed by atoms with Gasteiger partial charge < -0.3 is 10.6 Å². The van der Waals surface area contributed by atoms with E-state index in [1.54, 1.807) is 49.4 Å². The SMILES string of the molecule is CCc1cccc(CC)c1NC(=O)c1cccc(NC2=C(Cl)C(=O)N(c3cc(Cl)ccc3C)C2=O)c1. The van der Waals surface area contributed by atoms with Crippen LogP contribution in [0.2, 0.25) is 5.02 Å². The minimum absolute atomic E-state index is 0.0665. The minimum atomic E-state index is -0.647. The smallest absolute Gasteiger partial charge is 0.283 e. The molecular formula is C28H25Cl2N3O3. The number of benzene rings is 3. The molecule has 0 radical (unpaired) electrons. The molecule has 0 spiro atoms. The number of anilines is 3. The molecule has 0 atom stereocenters. The van der Waals surface area contributed by atoms with Crippen molar-refractivity contribution < 1.29 is 14.4 Å². The lowest BCUT2D eigenvalue weighted by molar-refractivity contribution is -0.120. The van der Waals surface area contributed by atoms with Gasteiger partial charge >= 0.3 is 0 Å². The molecule has 0 unspecified atom stereocenters. The topological polar surface area (TPSA) is 78.5 Å². The highest BCUT2D eigenvalue weighted by atomic mass is 35.5. The molecule has 8 heteroatoms. The summed E-state index contributed by atoms with van der Waals surface area (Å²) < 4.78 is 0. The lowest BCUT2D eigenvalue weighted by Gasteiger charge is -2.18. The van der Waals surface area contributed by atoms with Gasteiger partial charge in [0.1, 0.15) is 10.7 Å². The number of carbonyl (C=O) groups is 3. The molecule has 2 N–H and O–H groups in total. The van der Waals surface area contributed by atoms with Gasteiger partial charge in [0, 0.05) is 22.0 Å². The second-order valence-corrected chi connectivity index (χ2v) is 9.20. The van der Waals surface area contributed by atoms with Gasteiger partial charge in [0.25, 0.3) is 17.7 Å². The molecule has 4 rings (SSSR count). The third-order valence-electron chi connectivity index (χ3n) is 6.07. The van der Waals surface area contributed by atoms with Crippen LogP contribution in [0.15, 0.2) is 71.4 Å². The molecule has 3 aromatic rings. The summed E-state index contributed by atoms with van der Waals surface area (Å²) in [5.41, 5.74) is 4.76. The molecule has 3 aromatic carbocycles. The van der Waals surface area contributed by atoms with Crippen molar-refractivity contribution in [3.05, 3.63) is 98.7 Å². The predicted octanol–water partition coefficient (Wildman–Crippen LogP) is 6.46. The van der Waals surface area contributed by atoms with Gasteiger partial charge in [0.2, 0.25) is 0 Å². The Bertz CT molecular complexity index is 1390. The highest BCUT2D eigenvalue weighted by Crippen LogP contribution is 2.33. The van der Waals surface area contributed by atoms with E-state index in [0.717, 1.165) is 34.6 Å². The lowest BCUT2D eigenvalue weighted by atomic mass is 10.0. The normalized spacial score (nSPS) is 13.4. The number of amides is 3. The maximum Gasteiger partial charge on any atom is 0.283 e. The maximum absolute atomic E-state index is 13.2. The Morgan fingerprint density at radius 1 is 0.889 bits per heavy atom. The number of halogens is 2. The Hall–Kier alpha value is -3.61. The van der Waals surface area contributed by atoms with Crippen LogP contribution < -0.4 is 15.5 Å². The number of nitrogens with zero attached hydrogens (tertiary/aromatic N) is 1. The van der Waals surface area contributed by atoms with E-state index in [0.29, 0.717) is 27.5 Å². The zero-order chi connectivity index (χ0) is 26.0. The number of carbonyl (C=O) groups excluding carboxylic acids is 3. The largest absolute Gasteiger partial charge is 0.350 e. The number of aryl methyl sites for hydroxylation is 3. The molecule has 36 heavy (non-hydrogen) atoms. The van der Waals surface area contributed by atoms with E-state index >= 15 is 0 Å². The first-order valence-electron chi connectivity index (χ1n) is 11.6. The second-order valence-electron chi connectivity index (χ2n) is 8.38. The van der Waals surface area contributed by atoms with Crippen molar-refractivity contribution in [1.82, 2.24) is 0 Å². The van der Waals surface area contributed by atoms with Crippen molar-refractivity contribution >= 4 is 58.0 Å². The van der Waals surface area contributed by atoms with Gasteiger partial charge in [-0.05, 0) is 66.8 Å². The van der Waals surface area contributed by atoms with Gasteiger partial charge in [-0.3, -0.25) is 14.4 Å². The van der Waals surface area contributed by atoms with Crippen LogP contribution in [0.4, 0.5) is 17.1 Å². The van der Waals surface area contributed by atoms with Crippen molar-refractivity contribution in [2.24, 2.45) is 0 Å². The predicted molar refractivity (Wildman–Crippen MR) is 145 cm³/mol. The highest BCUT2D eigenvalue weighted by molar-refractivity contribution is 6.53. The van der Waals surface area contributed by atoms with Crippen LogP contribution in [0, 0.1) is 6.92 Å². The number of hydrogen-bond donors (Lipinski definition) is 2. The van der Waals surface area contributed by atoms with E-state index in [1.165, 1.54) is 0 Å². The van der Waals surface area contributed by atoms with Crippen molar-refractivity contribution in [2.75, 3.05) is 15.5 Å². The third-order valence-corrected chi connectivity index (χ3v) is 6.66. The molecule has 184 valence electrons. The number of nitrogens with one attached hydrogen (secondary N) is 2. The zero-order valence-corrected chi connectivity index (χ0v) is 21.6. The summed E-state index contributed by atoms with van der Waals surface area (Å²) in [7, 11) is 0. The summed E-state index contributed by atoms with van der Waals surface area (Å²) in [5, 5.41) is 6.12. The van der Waals surface area contributed by atoms with Crippen molar-refractivity contribution in [3.63, 3.8) is 0 Å². The number of hydrogen-bond acceptors (Lipinski definition) is 4. The van der Waals surface area contributed by atoms with Crippen LogP contribution in [0.25, 0.3) is 0 Å². The van der Waals surface area contributed by atoms with E-state index in [4.69, 9.17) is 23.2 Å². The number of rotatable bonds is 7. The van der Waals surface area contributed by atoms with Gasteiger partial charge in [-0.1, -0.05) is 67.4 Å². The molecule has 0 fully saturated rings. The van der Waals surface area contributed by atoms with Gasteiger partial charge in [0.05, 0.1) is 5.69 Å². The minimum Gasteiger partial charge on any atom is -0.350 e. The van der Waals surface area contributed by atoms with Crippen LogP contribution in [0.3, 0.4) is 0 Å². The Morgan fingerprint density at radius 3 is 2.22 bits per heavy atom. The van der Waals surface area contributed by atoms with Crippen molar-refractivity contribution in [1.29, 1.82) is 0 Å². The molecule has 1 aliphatic heterocycles. The van der Waals surface area contributed by atoms with Crippen LogP contribution in [0.5, 0.6) is 0 Å². The van der Waals surface area contributed by atoms with Crippen LogP contribution in [-0.4, -0.2) is 17.7 Å². The van der Waals surface area contributed by atoms with E-state index in [2.05, 4.69) is 10.6 Å². The van der Waals surface area contributed by atoms with E-state index in [9.17, 15) is 14.4 Å². The quantitative estimate of drug-likeness (QED) is 0.349. The third kappa shape index (κ3) is 4.87. The van der Waals surface area contributed by atoms with Crippen molar-refractivity contribution in [3.8, 4) is 0 Å². The first kappa shape index (κ1) is 25.5. The van der Waals surface area contributed by atoms with E-state index in [1.807, 2.05) is 32.0 Å². The second kappa shape index (κ2) is 10.6. The summed E-state index contributed by atoms with van der Waals surface area (Å²) in [6.45, 7) is 5.86. The van der Waals surface area contributed by atoms with E-state index < -0.39 is 11.8 Å². The molecule has 0 aliphatic carbocycles. The first-order valence-corrected chi connectivity index (χ1v) is 12.3. The average Bonchev–Trinajstić information content (AvgIpc) is 3.08.